The van der Waals surface area contributed by atoms with Crippen LogP contribution < -0.4 is 0 Å². The molecule has 2 fully saturated rings. The van der Waals surface area contributed by atoms with Gasteiger partial charge in [0.15, 0.2) is 0 Å². The summed E-state index contributed by atoms with van der Waals surface area (Å²) in [6.45, 7) is 4.43. The summed E-state index contributed by atoms with van der Waals surface area (Å²) >= 11 is 0. The van der Waals surface area contributed by atoms with Gasteiger partial charge in [0.25, 0.3) is 5.91 Å². The second-order valence-corrected chi connectivity index (χ2v) is 5.57. The van der Waals surface area contributed by atoms with E-state index in [0.717, 1.165) is 50.9 Å². The van der Waals surface area contributed by atoms with Crippen LogP contribution in [0.25, 0.3) is 0 Å². The number of carbonyl (C=O) groups excluding carboxylic acids is 1. The molecule has 5 heteroatoms. The highest BCUT2D eigenvalue weighted by Gasteiger charge is 2.35. The first-order valence-corrected chi connectivity index (χ1v) is 7.15. The van der Waals surface area contributed by atoms with Crippen LogP contribution in [0.15, 0.2) is 12.4 Å². The van der Waals surface area contributed by atoms with Gasteiger partial charge in [-0.25, -0.2) is 0 Å². The van der Waals surface area contributed by atoms with Crippen molar-refractivity contribution in [2.45, 2.75) is 51.3 Å². The van der Waals surface area contributed by atoms with Gasteiger partial charge < -0.3 is 9.64 Å². The van der Waals surface area contributed by atoms with Crippen molar-refractivity contribution in [2.24, 2.45) is 0 Å². The molecule has 0 N–H and O–H groups in total. The average Bonchev–Trinajstić information content (AvgIpc) is 3.10. The third-order valence-electron chi connectivity index (χ3n) is 4.03. The Bertz CT molecular complexity index is 451. The van der Waals surface area contributed by atoms with Crippen molar-refractivity contribution in [1.29, 1.82) is 0 Å². The van der Waals surface area contributed by atoms with Gasteiger partial charge in [-0.3, -0.25) is 9.48 Å². The summed E-state index contributed by atoms with van der Waals surface area (Å²) in [7, 11) is 0. The zero-order chi connectivity index (χ0) is 13.2. The molecule has 2 aliphatic heterocycles. The average molecular weight is 263 g/mol. The number of aryl methyl sites for hydroxylation is 1. The van der Waals surface area contributed by atoms with Crippen LogP contribution >= 0.6 is 0 Å². The van der Waals surface area contributed by atoms with Crippen molar-refractivity contribution in [3.8, 4) is 0 Å². The Morgan fingerprint density at radius 3 is 3.05 bits per heavy atom. The number of hydrogen-bond donors (Lipinski definition) is 0. The van der Waals surface area contributed by atoms with E-state index in [1.54, 1.807) is 0 Å². The highest BCUT2D eigenvalue weighted by Crippen LogP contribution is 2.23. The Labute approximate surface area is 113 Å². The molecule has 2 aliphatic rings. The molecule has 2 saturated heterocycles. The number of amides is 1. The molecule has 2 atom stereocenters. The van der Waals surface area contributed by atoms with Crippen LogP contribution in [0.5, 0.6) is 0 Å². The summed E-state index contributed by atoms with van der Waals surface area (Å²) in [5.41, 5.74) is 1.16. The van der Waals surface area contributed by atoms with E-state index in [0.29, 0.717) is 0 Å². The van der Waals surface area contributed by atoms with Crippen LogP contribution in [0.2, 0.25) is 0 Å². The van der Waals surface area contributed by atoms with Gasteiger partial charge in [-0.15, -0.1) is 0 Å². The number of likely N-dealkylation sites (tertiary alicyclic amines) is 1. The Kier molecular flexibility index (Phi) is 3.55. The Balaban J connectivity index is 1.65. The number of ether oxygens (including phenoxy) is 1. The molecule has 5 nitrogen and oxygen atoms in total. The molecule has 0 unspecified atom stereocenters. The largest absolute Gasteiger partial charge is 0.368 e. The van der Waals surface area contributed by atoms with Crippen molar-refractivity contribution in [2.75, 3.05) is 13.2 Å². The first-order chi connectivity index (χ1) is 9.24. The van der Waals surface area contributed by atoms with E-state index in [-0.39, 0.29) is 18.1 Å². The Hall–Kier alpha value is -1.36. The quantitative estimate of drug-likeness (QED) is 0.827. The summed E-state index contributed by atoms with van der Waals surface area (Å²) in [5.74, 6) is 0.184. The second kappa shape index (κ2) is 5.33. The number of rotatable bonds is 3. The van der Waals surface area contributed by atoms with E-state index >= 15 is 0 Å². The monoisotopic (exact) mass is 263 g/mol. The van der Waals surface area contributed by atoms with Crippen LogP contribution in [-0.2, 0) is 16.1 Å². The zero-order valence-electron chi connectivity index (χ0n) is 11.4. The van der Waals surface area contributed by atoms with Crippen molar-refractivity contribution >= 4 is 5.91 Å². The minimum Gasteiger partial charge on any atom is -0.368 e. The SMILES string of the molecule is Cc1cnn(C[C@H]2CCCN2C(=O)[C@@H]2CCCO2)c1. The van der Waals surface area contributed by atoms with E-state index in [9.17, 15) is 4.79 Å². The molecule has 1 amide bonds. The van der Waals surface area contributed by atoms with Crippen LogP contribution in [0, 0.1) is 6.92 Å². The number of hydrogen-bond acceptors (Lipinski definition) is 3. The predicted molar refractivity (Wildman–Crippen MR) is 70.7 cm³/mol. The van der Waals surface area contributed by atoms with Crippen molar-refractivity contribution in [3.63, 3.8) is 0 Å². The molecule has 19 heavy (non-hydrogen) atoms. The number of carbonyl (C=O) groups is 1. The van der Waals surface area contributed by atoms with Gasteiger partial charge in [0, 0.05) is 19.3 Å². The summed E-state index contributed by atoms with van der Waals surface area (Å²) in [6.07, 6.45) is 7.74. The van der Waals surface area contributed by atoms with E-state index in [4.69, 9.17) is 4.74 Å². The van der Waals surface area contributed by atoms with Crippen molar-refractivity contribution in [3.05, 3.63) is 18.0 Å². The van der Waals surface area contributed by atoms with Crippen LogP contribution in [-0.4, -0.2) is 45.9 Å². The Morgan fingerprint density at radius 2 is 2.37 bits per heavy atom. The fraction of sp³-hybridized carbons (Fsp3) is 0.714. The first kappa shape index (κ1) is 12.7. The predicted octanol–water partition coefficient (Wildman–Crippen LogP) is 1.36. The highest BCUT2D eigenvalue weighted by atomic mass is 16.5. The zero-order valence-corrected chi connectivity index (χ0v) is 11.4. The maximum atomic E-state index is 12.4. The molecular weight excluding hydrogens is 242 g/mol. The lowest BCUT2D eigenvalue weighted by atomic mass is 10.2. The standard InChI is InChI=1S/C14H21N3O2/c1-11-8-15-16(9-11)10-12-4-2-6-17(12)14(18)13-5-3-7-19-13/h8-9,12-13H,2-7,10H2,1H3/t12-,13+/m1/s1. The topological polar surface area (TPSA) is 47.4 Å². The highest BCUT2D eigenvalue weighted by molar-refractivity contribution is 5.81. The lowest BCUT2D eigenvalue weighted by Crippen LogP contribution is -2.43. The fourth-order valence-corrected chi connectivity index (χ4v) is 3.06. The van der Waals surface area contributed by atoms with Crippen molar-refractivity contribution < 1.29 is 9.53 Å². The minimum absolute atomic E-state index is 0.184. The molecule has 0 aromatic carbocycles. The van der Waals surface area contributed by atoms with Crippen molar-refractivity contribution in [1.82, 2.24) is 14.7 Å². The van der Waals surface area contributed by atoms with Crippen LogP contribution in [0.4, 0.5) is 0 Å². The van der Waals surface area contributed by atoms with Gasteiger partial charge in [-0.2, -0.15) is 5.10 Å². The molecule has 0 spiro atoms. The van der Waals surface area contributed by atoms with Gasteiger partial charge in [0.2, 0.25) is 0 Å². The molecule has 3 heterocycles. The molecule has 1 aromatic rings. The van der Waals surface area contributed by atoms with E-state index in [1.165, 1.54) is 0 Å². The molecule has 0 radical (unpaired) electrons. The lowest BCUT2D eigenvalue weighted by Gasteiger charge is -2.27. The van der Waals surface area contributed by atoms with E-state index < -0.39 is 0 Å². The lowest BCUT2D eigenvalue weighted by molar-refractivity contribution is -0.142. The molecular formula is C14H21N3O2. The van der Waals surface area contributed by atoms with Gasteiger partial charge in [-0.05, 0) is 38.2 Å². The van der Waals surface area contributed by atoms with Crippen LogP contribution in [0.1, 0.15) is 31.2 Å². The first-order valence-electron chi connectivity index (χ1n) is 7.15. The molecule has 1 aromatic heterocycles. The second-order valence-electron chi connectivity index (χ2n) is 5.57. The van der Waals surface area contributed by atoms with Gasteiger partial charge in [-0.1, -0.05) is 0 Å². The maximum absolute atomic E-state index is 12.4. The third-order valence-corrected chi connectivity index (χ3v) is 4.03. The Morgan fingerprint density at radius 1 is 1.47 bits per heavy atom. The maximum Gasteiger partial charge on any atom is 0.252 e. The smallest absolute Gasteiger partial charge is 0.252 e. The van der Waals surface area contributed by atoms with E-state index in [1.807, 2.05) is 28.9 Å². The number of nitrogens with zero attached hydrogens (tertiary/aromatic N) is 3. The molecule has 104 valence electrons. The molecule has 0 aliphatic carbocycles. The third kappa shape index (κ3) is 2.66. The fourth-order valence-electron chi connectivity index (χ4n) is 3.06. The number of aromatic nitrogens is 2. The van der Waals surface area contributed by atoms with Gasteiger partial charge in [0.1, 0.15) is 6.10 Å². The van der Waals surface area contributed by atoms with Gasteiger partial charge >= 0.3 is 0 Å². The minimum atomic E-state index is -0.194. The van der Waals surface area contributed by atoms with Gasteiger partial charge in [0.05, 0.1) is 18.8 Å². The summed E-state index contributed by atoms with van der Waals surface area (Å²) in [6, 6.07) is 0.274. The summed E-state index contributed by atoms with van der Waals surface area (Å²) < 4.78 is 7.46. The molecule has 0 bridgehead atoms. The summed E-state index contributed by atoms with van der Waals surface area (Å²) in [4.78, 5) is 14.4. The summed E-state index contributed by atoms with van der Waals surface area (Å²) in [5, 5.41) is 4.32. The van der Waals surface area contributed by atoms with E-state index in [2.05, 4.69) is 5.10 Å². The van der Waals surface area contributed by atoms with Crippen LogP contribution in [0.3, 0.4) is 0 Å². The normalized spacial score (nSPS) is 27.1. The molecule has 0 saturated carbocycles. The molecule has 3 rings (SSSR count).